The van der Waals surface area contributed by atoms with E-state index in [9.17, 15) is 20.0 Å². The molecule has 7 nitrogen and oxygen atoms in total. The van der Waals surface area contributed by atoms with Crippen LogP contribution in [0.5, 0.6) is 0 Å². The maximum Gasteiger partial charge on any atom is 0.309 e. The number of rotatable bonds is 7. The molecule has 0 unspecified atom stereocenters. The second kappa shape index (κ2) is 7.90. The van der Waals surface area contributed by atoms with E-state index in [0.717, 1.165) is 5.56 Å². The van der Waals surface area contributed by atoms with Crippen LogP contribution in [0.15, 0.2) is 30.3 Å². The number of hydrogen-bond acceptors (Lipinski definition) is 7. The highest BCUT2D eigenvalue weighted by molar-refractivity contribution is 5.88. The normalized spacial score (nSPS) is 24.3. The first-order valence-corrected chi connectivity index (χ1v) is 7.56. The number of aliphatic hydroxyl groups excluding tert-OH is 1. The third-order valence-electron chi connectivity index (χ3n) is 4.31. The van der Waals surface area contributed by atoms with Crippen LogP contribution in [0.25, 0.3) is 0 Å². The van der Waals surface area contributed by atoms with Crippen LogP contribution in [0.1, 0.15) is 11.6 Å². The van der Waals surface area contributed by atoms with Crippen LogP contribution >= 0.6 is 0 Å². The van der Waals surface area contributed by atoms with Crippen molar-refractivity contribution in [1.82, 2.24) is 5.32 Å². The lowest BCUT2D eigenvalue weighted by atomic mass is 10.0. The van der Waals surface area contributed by atoms with Crippen LogP contribution in [0.3, 0.4) is 0 Å². The Morgan fingerprint density at radius 1 is 1.21 bits per heavy atom. The highest BCUT2D eigenvalue weighted by Gasteiger charge is 2.64. The number of hydrogen-bond donors (Lipinski definition) is 2. The molecule has 128 valence electrons. The number of esters is 2. The van der Waals surface area contributed by atoms with Crippen molar-refractivity contribution in [2.24, 2.45) is 17.8 Å². The largest absolute Gasteiger partial charge is 0.469 e. The number of nitrogens with zero attached hydrogens (tertiary/aromatic N) is 1. The molecule has 0 aliphatic heterocycles. The number of aliphatic hydroxyl groups is 1. The number of benzene rings is 1. The van der Waals surface area contributed by atoms with Gasteiger partial charge in [0.25, 0.3) is 0 Å². The summed E-state index contributed by atoms with van der Waals surface area (Å²) in [5, 5.41) is 22.1. The van der Waals surface area contributed by atoms with Gasteiger partial charge in [-0.05, 0) is 5.56 Å². The fourth-order valence-electron chi connectivity index (χ4n) is 3.02. The van der Waals surface area contributed by atoms with Gasteiger partial charge in [0.1, 0.15) is 6.04 Å². The second-order valence-corrected chi connectivity index (χ2v) is 5.59. The average molecular weight is 332 g/mol. The van der Waals surface area contributed by atoms with E-state index in [4.69, 9.17) is 9.47 Å². The molecular formula is C17H20N2O5. The molecule has 0 aromatic heterocycles. The monoisotopic (exact) mass is 332 g/mol. The summed E-state index contributed by atoms with van der Waals surface area (Å²) in [7, 11) is 2.47. The summed E-state index contributed by atoms with van der Waals surface area (Å²) in [6, 6.07) is 9.95. The van der Waals surface area contributed by atoms with Gasteiger partial charge in [-0.25, -0.2) is 0 Å². The van der Waals surface area contributed by atoms with Crippen molar-refractivity contribution in [1.29, 1.82) is 5.26 Å². The zero-order chi connectivity index (χ0) is 17.7. The van der Waals surface area contributed by atoms with E-state index in [1.54, 1.807) is 0 Å². The smallest absolute Gasteiger partial charge is 0.309 e. The number of nitrogens with one attached hydrogen (secondary N) is 1. The maximum atomic E-state index is 11.8. The molecule has 1 aromatic rings. The Bertz CT molecular complexity index is 606. The maximum absolute atomic E-state index is 11.8. The lowest BCUT2D eigenvalue weighted by molar-refractivity contribution is -0.148. The van der Waals surface area contributed by atoms with Gasteiger partial charge in [0.15, 0.2) is 0 Å². The molecule has 1 aromatic carbocycles. The van der Waals surface area contributed by atoms with Crippen molar-refractivity contribution in [3.05, 3.63) is 35.9 Å². The topological polar surface area (TPSA) is 109 Å². The Balaban J connectivity index is 2.16. The molecule has 1 fully saturated rings. The van der Waals surface area contributed by atoms with Gasteiger partial charge in [-0.1, -0.05) is 30.3 Å². The zero-order valence-corrected chi connectivity index (χ0v) is 13.5. The first kappa shape index (κ1) is 17.9. The number of nitriles is 1. The van der Waals surface area contributed by atoms with Gasteiger partial charge in [-0.15, -0.1) is 0 Å². The van der Waals surface area contributed by atoms with Crippen molar-refractivity contribution in [2.45, 2.75) is 12.1 Å². The van der Waals surface area contributed by atoms with E-state index in [0.29, 0.717) is 0 Å². The zero-order valence-electron chi connectivity index (χ0n) is 13.5. The minimum absolute atomic E-state index is 0.222. The van der Waals surface area contributed by atoms with Crippen LogP contribution in [0.4, 0.5) is 0 Å². The van der Waals surface area contributed by atoms with Crippen LogP contribution in [0, 0.1) is 29.1 Å². The predicted molar refractivity (Wildman–Crippen MR) is 83.3 cm³/mol. The molecule has 0 saturated heterocycles. The summed E-state index contributed by atoms with van der Waals surface area (Å²) in [5.74, 6) is -3.06. The number of carbonyl (C=O) groups is 2. The fraction of sp³-hybridized carbons (Fsp3) is 0.471. The molecule has 24 heavy (non-hydrogen) atoms. The highest BCUT2D eigenvalue weighted by Crippen LogP contribution is 2.50. The molecule has 0 spiro atoms. The van der Waals surface area contributed by atoms with E-state index >= 15 is 0 Å². The lowest BCUT2D eigenvalue weighted by Crippen LogP contribution is -2.36. The summed E-state index contributed by atoms with van der Waals surface area (Å²) in [6.45, 7) is -0.222. The summed E-state index contributed by atoms with van der Waals surface area (Å²) >= 11 is 0. The molecule has 0 heterocycles. The van der Waals surface area contributed by atoms with E-state index in [-0.39, 0.29) is 6.61 Å². The molecule has 1 saturated carbocycles. The Hall–Kier alpha value is -2.43. The van der Waals surface area contributed by atoms with E-state index in [1.165, 1.54) is 14.2 Å². The third-order valence-corrected chi connectivity index (χ3v) is 4.31. The van der Waals surface area contributed by atoms with Gasteiger partial charge in [0, 0.05) is 5.92 Å². The second-order valence-electron chi connectivity index (χ2n) is 5.59. The summed E-state index contributed by atoms with van der Waals surface area (Å²) < 4.78 is 9.41. The fourth-order valence-corrected chi connectivity index (χ4v) is 3.02. The van der Waals surface area contributed by atoms with Gasteiger partial charge in [0.05, 0.1) is 44.8 Å². The van der Waals surface area contributed by atoms with Crippen molar-refractivity contribution in [3.8, 4) is 6.07 Å². The summed E-state index contributed by atoms with van der Waals surface area (Å²) in [6.07, 6.45) is 0. The molecule has 0 radical (unpaired) electrons. The molecular weight excluding hydrogens is 312 g/mol. The van der Waals surface area contributed by atoms with E-state index in [1.807, 2.05) is 30.3 Å². The van der Waals surface area contributed by atoms with Crippen LogP contribution in [-0.2, 0) is 19.1 Å². The van der Waals surface area contributed by atoms with E-state index in [2.05, 4.69) is 11.4 Å². The summed E-state index contributed by atoms with van der Waals surface area (Å²) in [5.41, 5.74) is 0.810. The van der Waals surface area contributed by atoms with Crippen LogP contribution in [0.2, 0.25) is 0 Å². The Morgan fingerprint density at radius 2 is 1.75 bits per heavy atom. The first-order chi connectivity index (χ1) is 11.6. The lowest BCUT2D eigenvalue weighted by Gasteiger charge is -2.20. The molecule has 4 atom stereocenters. The third kappa shape index (κ3) is 3.55. The molecule has 1 aliphatic carbocycles. The van der Waals surface area contributed by atoms with Gasteiger partial charge in [-0.3, -0.25) is 14.9 Å². The molecule has 1 aliphatic rings. The Labute approximate surface area is 140 Å². The standard InChI is InChI=1S/C17H20N2O5/c1-23-16(21)14-13(15(14)17(22)24-2)11(8-18)19-12(9-20)10-6-4-3-5-7-10/h3-7,11-15,19-20H,9H2,1-2H3/t11-,12-,14-,15-/m0/s1. The molecule has 0 bridgehead atoms. The number of ether oxygens (including phenoxy) is 2. The molecule has 0 amide bonds. The highest BCUT2D eigenvalue weighted by atomic mass is 16.5. The quantitative estimate of drug-likeness (QED) is 0.696. The van der Waals surface area contributed by atoms with Gasteiger partial charge >= 0.3 is 11.9 Å². The molecule has 7 heteroatoms. The Morgan fingerprint density at radius 3 is 2.17 bits per heavy atom. The SMILES string of the molecule is COC(=O)[C@H]1C([C@H](C#N)N[C@@H](CO)c2ccccc2)[C@@H]1C(=O)OC. The number of carbonyl (C=O) groups excluding carboxylic acids is 2. The minimum Gasteiger partial charge on any atom is -0.469 e. The van der Waals surface area contributed by atoms with Crippen molar-refractivity contribution < 1.29 is 24.2 Å². The predicted octanol–water partition coefficient (Wildman–Crippen LogP) is 0.410. The van der Waals surface area contributed by atoms with Gasteiger partial charge < -0.3 is 14.6 Å². The van der Waals surface area contributed by atoms with Crippen LogP contribution < -0.4 is 5.32 Å². The first-order valence-electron chi connectivity index (χ1n) is 7.56. The molecule has 2 N–H and O–H groups in total. The minimum atomic E-state index is -0.796. The van der Waals surface area contributed by atoms with E-state index < -0.39 is 41.8 Å². The van der Waals surface area contributed by atoms with Crippen molar-refractivity contribution in [3.63, 3.8) is 0 Å². The van der Waals surface area contributed by atoms with Gasteiger partial charge in [0.2, 0.25) is 0 Å². The molecule has 2 rings (SSSR count). The number of methoxy groups -OCH3 is 2. The van der Waals surface area contributed by atoms with Gasteiger partial charge in [-0.2, -0.15) is 5.26 Å². The van der Waals surface area contributed by atoms with Crippen molar-refractivity contribution in [2.75, 3.05) is 20.8 Å². The Kier molecular flexibility index (Phi) is 5.90. The summed E-state index contributed by atoms with van der Waals surface area (Å²) in [4.78, 5) is 23.7. The van der Waals surface area contributed by atoms with Crippen molar-refractivity contribution >= 4 is 11.9 Å². The van der Waals surface area contributed by atoms with Crippen LogP contribution in [-0.4, -0.2) is 43.9 Å². The average Bonchev–Trinajstić information content (AvgIpc) is 3.37.